The second-order valence-corrected chi connectivity index (χ2v) is 3.48. The number of amides is 1. The topological polar surface area (TPSA) is 100 Å². The molecule has 0 aliphatic heterocycles. The van der Waals surface area contributed by atoms with Crippen molar-refractivity contribution in [1.82, 2.24) is 15.6 Å². The molecule has 7 nitrogen and oxygen atoms in total. The molecule has 0 aliphatic rings. The van der Waals surface area contributed by atoms with Crippen LogP contribution < -0.4 is 10.6 Å². The number of hydrogen-bond acceptors (Lipinski definition) is 4. The summed E-state index contributed by atoms with van der Waals surface area (Å²) in [4.78, 5) is 23.8. The standard InChI is InChI=1S/C10H16N4O3/c1-2-11-6-3-7-12-10(15)8-4-5-9(13-8)14(16)17/h4-5,11,13H,2-3,6-7H2,1H3,(H,12,15). The van der Waals surface area contributed by atoms with Crippen molar-refractivity contribution in [1.29, 1.82) is 0 Å². The predicted molar refractivity (Wildman–Crippen MR) is 62.9 cm³/mol. The Balaban J connectivity index is 2.34. The molecule has 0 saturated heterocycles. The molecule has 0 bridgehead atoms. The first kappa shape index (κ1) is 13.2. The number of H-pyrrole nitrogens is 1. The third-order valence-electron chi connectivity index (χ3n) is 2.18. The number of carbonyl (C=O) groups excluding carboxylic acids is 1. The Bertz CT molecular complexity index is 389. The zero-order valence-electron chi connectivity index (χ0n) is 9.66. The first-order valence-electron chi connectivity index (χ1n) is 5.47. The van der Waals surface area contributed by atoms with E-state index in [9.17, 15) is 14.9 Å². The highest BCUT2D eigenvalue weighted by Gasteiger charge is 2.14. The van der Waals surface area contributed by atoms with Crippen LogP contribution in [0.2, 0.25) is 0 Å². The summed E-state index contributed by atoms with van der Waals surface area (Å²) in [7, 11) is 0. The summed E-state index contributed by atoms with van der Waals surface area (Å²) in [6.45, 7) is 4.29. The van der Waals surface area contributed by atoms with Crippen LogP contribution in [0.5, 0.6) is 0 Å². The summed E-state index contributed by atoms with van der Waals surface area (Å²) in [5, 5.41) is 16.2. The summed E-state index contributed by atoms with van der Waals surface area (Å²) < 4.78 is 0. The Morgan fingerprint density at radius 3 is 2.82 bits per heavy atom. The van der Waals surface area contributed by atoms with Gasteiger partial charge in [-0.3, -0.25) is 4.79 Å². The van der Waals surface area contributed by atoms with Gasteiger partial charge in [0, 0.05) is 12.6 Å². The van der Waals surface area contributed by atoms with Gasteiger partial charge in [0.05, 0.1) is 0 Å². The Kier molecular flexibility index (Phi) is 5.15. The van der Waals surface area contributed by atoms with Gasteiger partial charge in [-0.2, -0.15) is 0 Å². The van der Waals surface area contributed by atoms with Gasteiger partial charge in [-0.1, -0.05) is 6.92 Å². The van der Waals surface area contributed by atoms with Crippen LogP contribution in [0.1, 0.15) is 23.8 Å². The van der Waals surface area contributed by atoms with Gasteiger partial charge in [-0.15, -0.1) is 0 Å². The molecule has 0 spiro atoms. The lowest BCUT2D eigenvalue weighted by atomic mass is 10.3. The molecule has 3 N–H and O–H groups in total. The molecule has 0 radical (unpaired) electrons. The number of nitrogens with one attached hydrogen (secondary N) is 3. The lowest BCUT2D eigenvalue weighted by Crippen LogP contribution is -2.27. The van der Waals surface area contributed by atoms with Crippen LogP contribution in [0.25, 0.3) is 0 Å². The maximum atomic E-state index is 11.5. The molecule has 1 amide bonds. The van der Waals surface area contributed by atoms with Crippen LogP contribution in [-0.4, -0.2) is 35.4 Å². The van der Waals surface area contributed by atoms with Gasteiger partial charge in [0.25, 0.3) is 5.91 Å². The number of aromatic amines is 1. The van der Waals surface area contributed by atoms with E-state index in [-0.39, 0.29) is 17.4 Å². The Morgan fingerprint density at radius 1 is 1.47 bits per heavy atom. The van der Waals surface area contributed by atoms with Crippen molar-refractivity contribution in [3.8, 4) is 0 Å². The molecule has 0 atom stereocenters. The van der Waals surface area contributed by atoms with Gasteiger partial charge in [-0.05, 0) is 30.5 Å². The average Bonchev–Trinajstić information content (AvgIpc) is 2.78. The third-order valence-corrected chi connectivity index (χ3v) is 2.18. The first-order valence-corrected chi connectivity index (χ1v) is 5.47. The molecule has 7 heteroatoms. The Labute approximate surface area is 98.7 Å². The molecular weight excluding hydrogens is 224 g/mol. The van der Waals surface area contributed by atoms with Crippen molar-refractivity contribution >= 4 is 11.7 Å². The van der Waals surface area contributed by atoms with E-state index in [1.807, 2.05) is 6.92 Å². The van der Waals surface area contributed by atoms with Gasteiger partial charge in [0.1, 0.15) is 0 Å². The largest absolute Gasteiger partial charge is 0.358 e. The smallest absolute Gasteiger partial charge is 0.321 e. The highest BCUT2D eigenvalue weighted by molar-refractivity contribution is 5.92. The fourth-order valence-corrected chi connectivity index (χ4v) is 1.31. The second-order valence-electron chi connectivity index (χ2n) is 3.48. The number of nitrogens with zero attached hydrogens (tertiary/aromatic N) is 1. The summed E-state index contributed by atoms with van der Waals surface area (Å²) >= 11 is 0. The minimum absolute atomic E-state index is 0.178. The van der Waals surface area contributed by atoms with Gasteiger partial charge in [0.15, 0.2) is 5.69 Å². The maximum Gasteiger partial charge on any atom is 0.321 e. The van der Waals surface area contributed by atoms with Crippen LogP contribution in [0.3, 0.4) is 0 Å². The molecule has 0 aliphatic carbocycles. The highest BCUT2D eigenvalue weighted by Crippen LogP contribution is 2.09. The fraction of sp³-hybridized carbons (Fsp3) is 0.500. The lowest BCUT2D eigenvalue weighted by Gasteiger charge is -2.02. The molecule has 1 aromatic rings. The van der Waals surface area contributed by atoms with Crippen molar-refractivity contribution in [2.24, 2.45) is 0 Å². The van der Waals surface area contributed by atoms with Gasteiger partial charge in [0.2, 0.25) is 0 Å². The first-order chi connectivity index (χ1) is 8.15. The van der Waals surface area contributed by atoms with E-state index >= 15 is 0 Å². The third kappa shape index (κ3) is 4.23. The maximum absolute atomic E-state index is 11.5. The monoisotopic (exact) mass is 240 g/mol. The second kappa shape index (κ2) is 6.64. The average molecular weight is 240 g/mol. The summed E-state index contributed by atoms with van der Waals surface area (Å²) in [5.74, 6) is -0.502. The molecule has 94 valence electrons. The van der Waals surface area contributed by atoms with E-state index in [1.54, 1.807) is 0 Å². The van der Waals surface area contributed by atoms with Crippen LogP contribution in [-0.2, 0) is 0 Å². The molecule has 1 aromatic heterocycles. The van der Waals surface area contributed by atoms with Crippen LogP contribution in [0.15, 0.2) is 12.1 Å². The van der Waals surface area contributed by atoms with Crippen molar-refractivity contribution in [3.63, 3.8) is 0 Å². The van der Waals surface area contributed by atoms with Gasteiger partial charge in [-0.25, -0.2) is 4.98 Å². The van der Waals surface area contributed by atoms with E-state index in [2.05, 4.69) is 15.6 Å². The van der Waals surface area contributed by atoms with Crippen molar-refractivity contribution in [3.05, 3.63) is 27.9 Å². The molecule has 1 heterocycles. The SMILES string of the molecule is CCNCCCNC(=O)c1ccc([N+](=O)[O-])[nH]1. The van der Waals surface area contributed by atoms with Crippen LogP contribution >= 0.6 is 0 Å². The van der Waals surface area contributed by atoms with E-state index < -0.39 is 4.92 Å². The highest BCUT2D eigenvalue weighted by atomic mass is 16.6. The van der Waals surface area contributed by atoms with Crippen molar-refractivity contribution in [2.75, 3.05) is 19.6 Å². The Hall–Kier alpha value is -1.89. The van der Waals surface area contributed by atoms with Crippen molar-refractivity contribution in [2.45, 2.75) is 13.3 Å². The van der Waals surface area contributed by atoms with Crippen LogP contribution in [0, 0.1) is 10.1 Å². The number of carbonyl (C=O) groups is 1. The van der Waals surface area contributed by atoms with Gasteiger partial charge < -0.3 is 20.7 Å². The zero-order valence-corrected chi connectivity index (χ0v) is 9.66. The van der Waals surface area contributed by atoms with E-state index in [0.717, 1.165) is 19.5 Å². The zero-order chi connectivity index (χ0) is 12.7. The summed E-state index contributed by atoms with van der Waals surface area (Å²) in [6, 6.07) is 2.67. The molecular formula is C10H16N4O3. The number of nitro groups is 1. The van der Waals surface area contributed by atoms with E-state index in [4.69, 9.17) is 0 Å². The molecule has 0 unspecified atom stereocenters. The minimum atomic E-state index is -0.568. The number of hydrogen-bond donors (Lipinski definition) is 3. The fourth-order valence-electron chi connectivity index (χ4n) is 1.31. The van der Waals surface area contributed by atoms with Crippen LogP contribution in [0.4, 0.5) is 5.82 Å². The minimum Gasteiger partial charge on any atom is -0.358 e. The molecule has 1 rings (SSSR count). The molecule has 0 aromatic carbocycles. The summed E-state index contributed by atoms with van der Waals surface area (Å²) in [6.07, 6.45) is 0.822. The molecule has 0 saturated carbocycles. The quantitative estimate of drug-likeness (QED) is 0.370. The van der Waals surface area contributed by atoms with E-state index in [0.29, 0.717) is 6.54 Å². The molecule has 17 heavy (non-hydrogen) atoms. The van der Waals surface area contributed by atoms with E-state index in [1.165, 1.54) is 12.1 Å². The number of rotatable bonds is 7. The predicted octanol–water partition coefficient (Wildman–Crippen LogP) is 0.652. The normalized spacial score (nSPS) is 10.2. The molecule has 0 fully saturated rings. The van der Waals surface area contributed by atoms with Crippen molar-refractivity contribution < 1.29 is 9.72 Å². The lowest BCUT2D eigenvalue weighted by molar-refractivity contribution is -0.389. The Morgan fingerprint density at radius 2 is 2.24 bits per heavy atom. The number of aromatic nitrogens is 1. The van der Waals surface area contributed by atoms with Gasteiger partial charge >= 0.3 is 5.82 Å². The summed E-state index contributed by atoms with van der Waals surface area (Å²) in [5.41, 5.74) is 0.208.